The Balaban J connectivity index is 3.21. The minimum absolute atomic E-state index is 0.0638. The first-order chi connectivity index (χ1) is 8.69. The normalized spacial score (nSPS) is 13.8. The molecule has 0 saturated carbocycles. The first-order valence-corrected chi connectivity index (χ1v) is 8.06. The van der Waals surface area contributed by atoms with E-state index in [9.17, 15) is 8.42 Å². The molecule has 5 heteroatoms. The molecule has 1 rings (SSSR count). The van der Waals surface area contributed by atoms with Crippen LogP contribution in [-0.4, -0.2) is 14.5 Å². The van der Waals surface area contributed by atoms with Gasteiger partial charge in [-0.2, -0.15) is 0 Å². The molecule has 0 aliphatic carbocycles. The van der Waals surface area contributed by atoms with Crippen LogP contribution in [0.4, 0.5) is 5.69 Å². The molecule has 108 valence electrons. The third-order valence-corrected chi connectivity index (χ3v) is 5.00. The molecule has 0 heterocycles. The van der Waals surface area contributed by atoms with E-state index in [1.165, 1.54) is 0 Å². The number of anilines is 1. The second kappa shape index (κ2) is 5.92. The van der Waals surface area contributed by atoms with Crippen LogP contribution in [0.2, 0.25) is 0 Å². The fraction of sp³-hybridized carbons (Fsp3) is 0.571. The first-order valence-electron chi connectivity index (χ1n) is 6.58. The maximum Gasteiger partial charge on any atom is 0.241 e. The van der Waals surface area contributed by atoms with Gasteiger partial charge < -0.3 is 5.73 Å². The molecular formula is C14H24N2O2S. The van der Waals surface area contributed by atoms with Crippen molar-refractivity contribution in [1.29, 1.82) is 0 Å². The van der Waals surface area contributed by atoms with Crippen molar-refractivity contribution in [1.82, 2.24) is 4.72 Å². The Morgan fingerprint density at radius 2 is 1.84 bits per heavy atom. The van der Waals surface area contributed by atoms with Crippen LogP contribution in [-0.2, 0) is 10.0 Å². The topological polar surface area (TPSA) is 72.2 Å². The maximum atomic E-state index is 12.5. The molecule has 1 unspecified atom stereocenters. The van der Waals surface area contributed by atoms with E-state index in [1.807, 2.05) is 27.7 Å². The van der Waals surface area contributed by atoms with Gasteiger partial charge in [-0.1, -0.05) is 20.8 Å². The maximum absolute atomic E-state index is 12.5. The molecule has 4 nitrogen and oxygen atoms in total. The second-order valence-corrected chi connectivity index (χ2v) is 7.04. The zero-order chi connectivity index (χ0) is 14.8. The lowest BCUT2D eigenvalue weighted by Gasteiger charge is -2.21. The molecule has 0 amide bonds. The number of hydrogen-bond acceptors (Lipinski definition) is 3. The molecule has 19 heavy (non-hydrogen) atoms. The summed E-state index contributed by atoms with van der Waals surface area (Å²) in [5.74, 6) is 0.252. The standard InChI is InChI=1S/C14H24N2O2S/c1-6-13(9(2)3)16-19(17,18)14-8-10(4)7-12(15)11(14)5/h7-9,13,16H,6,15H2,1-5H3. The molecule has 1 atom stereocenters. The van der Waals surface area contributed by atoms with Gasteiger partial charge in [0.2, 0.25) is 10.0 Å². The van der Waals surface area contributed by atoms with Crippen molar-refractivity contribution in [2.24, 2.45) is 5.92 Å². The van der Waals surface area contributed by atoms with E-state index in [0.29, 0.717) is 11.3 Å². The Labute approximate surface area is 116 Å². The van der Waals surface area contributed by atoms with Gasteiger partial charge in [-0.15, -0.1) is 0 Å². The summed E-state index contributed by atoms with van der Waals surface area (Å²) in [6.07, 6.45) is 0.761. The Hall–Kier alpha value is -1.07. The van der Waals surface area contributed by atoms with E-state index in [-0.39, 0.29) is 16.9 Å². The smallest absolute Gasteiger partial charge is 0.241 e. The highest BCUT2D eigenvalue weighted by atomic mass is 32.2. The Bertz CT molecular complexity index is 551. The van der Waals surface area contributed by atoms with Crippen LogP contribution in [0.1, 0.15) is 38.3 Å². The lowest BCUT2D eigenvalue weighted by Crippen LogP contribution is -2.38. The largest absolute Gasteiger partial charge is 0.398 e. The summed E-state index contributed by atoms with van der Waals surface area (Å²) >= 11 is 0. The average molecular weight is 284 g/mol. The summed E-state index contributed by atoms with van der Waals surface area (Å²) in [5, 5.41) is 0. The van der Waals surface area contributed by atoms with Crippen LogP contribution in [0.25, 0.3) is 0 Å². The zero-order valence-electron chi connectivity index (χ0n) is 12.3. The number of benzene rings is 1. The van der Waals surface area contributed by atoms with Crippen molar-refractivity contribution in [3.63, 3.8) is 0 Å². The molecule has 0 fully saturated rings. The van der Waals surface area contributed by atoms with Crippen molar-refractivity contribution in [2.75, 3.05) is 5.73 Å². The van der Waals surface area contributed by atoms with E-state index < -0.39 is 10.0 Å². The van der Waals surface area contributed by atoms with Crippen LogP contribution >= 0.6 is 0 Å². The fourth-order valence-electron chi connectivity index (χ4n) is 2.09. The van der Waals surface area contributed by atoms with E-state index in [0.717, 1.165) is 12.0 Å². The van der Waals surface area contributed by atoms with Crippen LogP contribution in [0.5, 0.6) is 0 Å². The predicted octanol–water partition coefficient (Wildman–Crippen LogP) is 2.60. The van der Waals surface area contributed by atoms with E-state index in [4.69, 9.17) is 5.73 Å². The van der Waals surface area contributed by atoms with Gasteiger partial charge in [0, 0.05) is 11.7 Å². The van der Waals surface area contributed by atoms with Gasteiger partial charge in [-0.3, -0.25) is 0 Å². The Morgan fingerprint density at radius 3 is 2.32 bits per heavy atom. The highest BCUT2D eigenvalue weighted by Gasteiger charge is 2.23. The van der Waals surface area contributed by atoms with E-state index >= 15 is 0 Å². The number of rotatable bonds is 5. The van der Waals surface area contributed by atoms with Gasteiger partial charge >= 0.3 is 0 Å². The number of sulfonamides is 1. The molecule has 0 aliphatic heterocycles. The lowest BCUT2D eigenvalue weighted by molar-refractivity contribution is 0.437. The second-order valence-electron chi connectivity index (χ2n) is 5.36. The van der Waals surface area contributed by atoms with E-state index in [2.05, 4.69) is 4.72 Å². The molecule has 0 bridgehead atoms. The summed E-state index contributed by atoms with van der Waals surface area (Å²) in [7, 11) is -3.52. The zero-order valence-corrected chi connectivity index (χ0v) is 13.1. The Morgan fingerprint density at radius 1 is 1.26 bits per heavy atom. The molecule has 1 aromatic carbocycles. The Kier molecular flexibility index (Phi) is 4.98. The predicted molar refractivity (Wildman–Crippen MR) is 79.6 cm³/mol. The minimum atomic E-state index is -3.52. The molecular weight excluding hydrogens is 260 g/mol. The first kappa shape index (κ1) is 16.0. The molecule has 0 spiro atoms. The summed E-state index contributed by atoms with van der Waals surface area (Å²) in [6.45, 7) is 9.57. The van der Waals surface area contributed by atoms with Gasteiger partial charge in [0.1, 0.15) is 0 Å². The summed E-state index contributed by atoms with van der Waals surface area (Å²) in [4.78, 5) is 0.282. The number of nitrogens with one attached hydrogen (secondary N) is 1. The fourth-order valence-corrected chi connectivity index (χ4v) is 3.91. The average Bonchev–Trinajstić information content (AvgIpc) is 2.30. The van der Waals surface area contributed by atoms with Gasteiger partial charge in [0.25, 0.3) is 0 Å². The molecule has 0 saturated heterocycles. The van der Waals surface area contributed by atoms with Crippen molar-refractivity contribution in [3.8, 4) is 0 Å². The molecule has 0 aromatic heterocycles. The van der Waals surface area contributed by atoms with Crippen molar-refractivity contribution >= 4 is 15.7 Å². The summed E-state index contributed by atoms with van der Waals surface area (Å²) in [5.41, 5.74) is 7.82. The van der Waals surface area contributed by atoms with E-state index in [1.54, 1.807) is 19.1 Å². The SMILES string of the molecule is CCC(NS(=O)(=O)c1cc(C)cc(N)c1C)C(C)C. The van der Waals surface area contributed by atoms with Crippen LogP contribution < -0.4 is 10.5 Å². The number of nitrogen functional groups attached to an aromatic ring is 1. The van der Waals surface area contributed by atoms with Crippen LogP contribution in [0.3, 0.4) is 0 Å². The number of aryl methyl sites for hydroxylation is 1. The summed E-state index contributed by atoms with van der Waals surface area (Å²) in [6, 6.07) is 3.39. The molecule has 1 aromatic rings. The third kappa shape index (κ3) is 3.70. The van der Waals surface area contributed by atoms with Gasteiger partial charge in [0.05, 0.1) is 4.90 Å². The third-order valence-electron chi connectivity index (χ3n) is 3.39. The molecule has 0 radical (unpaired) electrons. The number of hydrogen-bond donors (Lipinski definition) is 2. The monoisotopic (exact) mass is 284 g/mol. The minimum Gasteiger partial charge on any atom is -0.398 e. The number of nitrogens with two attached hydrogens (primary N) is 1. The highest BCUT2D eigenvalue weighted by Crippen LogP contribution is 2.23. The van der Waals surface area contributed by atoms with Gasteiger partial charge in [0.15, 0.2) is 0 Å². The van der Waals surface area contributed by atoms with Crippen molar-refractivity contribution < 1.29 is 8.42 Å². The van der Waals surface area contributed by atoms with Crippen LogP contribution in [0, 0.1) is 19.8 Å². The van der Waals surface area contributed by atoms with Crippen molar-refractivity contribution in [3.05, 3.63) is 23.3 Å². The molecule has 0 aliphatic rings. The van der Waals surface area contributed by atoms with Crippen molar-refractivity contribution in [2.45, 2.75) is 52.0 Å². The van der Waals surface area contributed by atoms with Gasteiger partial charge in [-0.25, -0.2) is 13.1 Å². The summed E-state index contributed by atoms with van der Waals surface area (Å²) < 4.78 is 27.7. The quantitative estimate of drug-likeness (QED) is 0.816. The van der Waals surface area contributed by atoms with Gasteiger partial charge in [-0.05, 0) is 49.4 Å². The lowest BCUT2D eigenvalue weighted by atomic mass is 10.0. The molecule has 3 N–H and O–H groups in total. The highest BCUT2D eigenvalue weighted by molar-refractivity contribution is 7.89. The van der Waals surface area contributed by atoms with Crippen LogP contribution in [0.15, 0.2) is 17.0 Å².